The van der Waals surface area contributed by atoms with Gasteiger partial charge in [0.1, 0.15) is 12.0 Å². The van der Waals surface area contributed by atoms with Crippen molar-refractivity contribution in [3.05, 3.63) is 52.8 Å². The van der Waals surface area contributed by atoms with Crippen molar-refractivity contribution in [2.75, 3.05) is 0 Å². The molecule has 0 radical (unpaired) electrons. The molecular formula is C14H8ClN5. The maximum absolute atomic E-state index is 6.10. The molecule has 1 aromatic carbocycles. The first-order valence-electron chi connectivity index (χ1n) is 6.00. The zero-order chi connectivity index (χ0) is 13.7. The number of terminal acetylenes is 1. The van der Waals surface area contributed by atoms with Crippen molar-refractivity contribution in [1.82, 2.24) is 24.5 Å². The number of imidazole rings is 1. The first kappa shape index (κ1) is 11.3. The number of nitrogens with zero attached hydrogens (tertiary/aromatic N) is 5. The van der Waals surface area contributed by atoms with Gasteiger partial charge in [0.15, 0.2) is 0 Å². The number of benzene rings is 1. The van der Waals surface area contributed by atoms with E-state index in [-0.39, 0.29) is 0 Å². The van der Waals surface area contributed by atoms with Crippen molar-refractivity contribution in [1.29, 1.82) is 0 Å². The van der Waals surface area contributed by atoms with E-state index < -0.39 is 0 Å². The maximum atomic E-state index is 6.10. The Hall–Kier alpha value is -2.58. The van der Waals surface area contributed by atoms with Crippen LogP contribution in [0.3, 0.4) is 0 Å². The van der Waals surface area contributed by atoms with Crippen molar-refractivity contribution < 1.29 is 0 Å². The molecule has 0 saturated heterocycles. The van der Waals surface area contributed by atoms with Crippen LogP contribution in [-0.4, -0.2) is 24.5 Å². The Balaban J connectivity index is 2.12. The molecule has 5 nitrogen and oxygen atoms in total. The van der Waals surface area contributed by atoms with Gasteiger partial charge in [-0.25, -0.2) is 9.67 Å². The first-order valence-corrected chi connectivity index (χ1v) is 6.38. The van der Waals surface area contributed by atoms with E-state index in [9.17, 15) is 0 Å². The number of rotatable bonds is 0. The Morgan fingerprint density at radius 3 is 3.05 bits per heavy atom. The summed E-state index contributed by atoms with van der Waals surface area (Å²) in [5.41, 5.74) is 4.34. The lowest BCUT2D eigenvalue weighted by Crippen LogP contribution is -2.03. The van der Waals surface area contributed by atoms with E-state index in [4.69, 9.17) is 18.0 Å². The molecule has 4 rings (SSSR count). The topological polar surface area (TPSA) is 48.5 Å². The fourth-order valence-corrected chi connectivity index (χ4v) is 2.66. The maximum Gasteiger partial charge on any atom is 0.134 e. The van der Waals surface area contributed by atoms with Crippen LogP contribution < -0.4 is 0 Å². The molecule has 0 aliphatic carbocycles. The van der Waals surface area contributed by atoms with E-state index in [2.05, 4.69) is 21.2 Å². The lowest BCUT2D eigenvalue weighted by atomic mass is 10.2. The van der Waals surface area contributed by atoms with Gasteiger partial charge in [-0.1, -0.05) is 16.8 Å². The Morgan fingerprint density at radius 2 is 2.20 bits per heavy atom. The van der Waals surface area contributed by atoms with Crippen LogP contribution in [0, 0.1) is 12.3 Å². The summed E-state index contributed by atoms with van der Waals surface area (Å²) in [4.78, 5) is 4.28. The summed E-state index contributed by atoms with van der Waals surface area (Å²) in [5, 5.41) is 8.76. The van der Waals surface area contributed by atoms with Gasteiger partial charge in [-0.15, -0.1) is 11.5 Å². The zero-order valence-electron chi connectivity index (χ0n) is 10.3. The van der Waals surface area contributed by atoms with E-state index in [0.29, 0.717) is 17.1 Å². The van der Waals surface area contributed by atoms with Crippen LogP contribution >= 0.6 is 11.6 Å². The Morgan fingerprint density at radius 1 is 1.30 bits per heavy atom. The third kappa shape index (κ3) is 1.43. The molecule has 0 spiro atoms. The molecule has 0 N–H and O–H groups in total. The van der Waals surface area contributed by atoms with E-state index in [1.165, 1.54) is 0 Å². The standard InChI is InChI=1S/C14H8ClN5/c1-2-11-13-6-10-7-17-18-20(10)14-5-9(15)3-4-12(14)19(13)8-16-11/h1,3-5,7-8H,6H2. The van der Waals surface area contributed by atoms with Crippen LogP contribution in [0.1, 0.15) is 17.1 Å². The predicted molar refractivity (Wildman–Crippen MR) is 74.2 cm³/mol. The third-order valence-corrected chi connectivity index (χ3v) is 3.63. The zero-order valence-corrected chi connectivity index (χ0v) is 11.0. The summed E-state index contributed by atoms with van der Waals surface area (Å²) in [6.07, 6.45) is 9.61. The molecule has 1 aliphatic heterocycles. The van der Waals surface area contributed by atoms with E-state index in [1.54, 1.807) is 17.2 Å². The summed E-state index contributed by atoms with van der Waals surface area (Å²) < 4.78 is 3.77. The van der Waals surface area contributed by atoms with Gasteiger partial charge >= 0.3 is 0 Å². The molecule has 0 saturated carbocycles. The van der Waals surface area contributed by atoms with Crippen LogP contribution in [0.2, 0.25) is 5.02 Å². The van der Waals surface area contributed by atoms with Gasteiger partial charge in [0.25, 0.3) is 0 Å². The highest BCUT2D eigenvalue weighted by atomic mass is 35.5. The molecule has 3 aromatic rings. The molecule has 3 heterocycles. The summed E-state index contributed by atoms with van der Waals surface area (Å²) >= 11 is 6.10. The number of aromatic nitrogens is 5. The number of hydrogen-bond donors (Lipinski definition) is 0. The number of hydrogen-bond acceptors (Lipinski definition) is 3. The minimum atomic E-state index is 0.624. The highest BCUT2D eigenvalue weighted by Crippen LogP contribution is 2.30. The van der Waals surface area contributed by atoms with Crippen molar-refractivity contribution in [3.8, 4) is 23.7 Å². The lowest BCUT2D eigenvalue weighted by molar-refractivity contribution is 0.778. The first-order chi connectivity index (χ1) is 9.78. The molecule has 0 atom stereocenters. The Bertz CT molecular complexity index is 868. The number of halogens is 1. The van der Waals surface area contributed by atoms with Crippen LogP contribution in [0.25, 0.3) is 11.4 Å². The Kier molecular flexibility index (Phi) is 2.23. The average Bonchev–Trinajstić information content (AvgIpc) is 3.04. The predicted octanol–water partition coefficient (Wildman–Crippen LogP) is 1.99. The molecule has 0 fully saturated rings. The quantitative estimate of drug-likeness (QED) is 0.463. The molecule has 0 bridgehead atoms. The van der Waals surface area contributed by atoms with Gasteiger partial charge < -0.3 is 0 Å². The minimum absolute atomic E-state index is 0.624. The molecule has 20 heavy (non-hydrogen) atoms. The van der Waals surface area contributed by atoms with Gasteiger partial charge in [0, 0.05) is 11.4 Å². The van der Waals surface area contributed by atoms with Gasteiger partial charge in [-0.2, -0.15) is 0 Å². The van der Waals surface area contributed by atoms with Crippen LogP contribution in [-0.2, 0) is 6.42 Å². The fraction of sp³-hybridized carbons (Fsp3) is 0.0714. The molecule has 0 amide bonds. The SMILES string of the molecule is C#Cc1ncn2c1Cc1cnnn1-c1cc(Cl)ccc1-2. The molecule has 1 aliphatic rings. The summed E-state index contributed by atoms with van der Waals surface area (Å²) in [6, 6.07) is 5.63. The van der Waals surface area contributed by atoms with Crippen molar-refractivity contribution in [2.45, 2.75) is 6.42 Å². The van der Waals surface area contributed by atoms with Gasteiger partial charge in [-0.05, 0) is 24.1 Å². The van der Waals surface area contributed by atoms with Gasteiger partial charge in [0.2, 0.25) is 0 Å². The highest BCUT2D eigenvalue weighted by molar-refractivity contribution is 6.30. The third-order valence-electron chi connectivity index (χ3n) is 3.40. The van der Waals surface area contributed by atoms with Gasteiger partial charge in [-0.3, -0.25) is 4.57 Å². The van der Waals surface area contributed by atoms with Gasteiger partial charge in [0.05, 0.1) is 29.0 Å². The summed E-state index contributed by atoms with van der Waals surface area (Å²) in [5.74, 6) is 2.62. The second-order valence-corrected chi connectivity index (χ2v) is 4.94. The van der Waals surface area contributed by atoms with E-state index in [0.717, 1.165) is 22.8 Å². The normalized spacial score (nSPS) is 12.0. The lowest BCUT2D eigenvalue weighted by Gasteiger charge is -2.09. The molecule has 6 heteroatoms. The number of fused-ring (bicyclic) bond motifs is 5. The fourth-order valence-electron chi connectivity index (χ4n) is 2.49. The molecular weight excluding hydrogens is 274 g/mol. The van der Waals surface area contributed by atoms with Crippen molar-refractivity contribution in [3.63, 3.8) is 0 Å². The largest absolute Gasteiger partial charge is 0.299 e. The average molecular weight is 282 g/mol. The monoisotopic (exact) mass is 281 g/mol. The second kappa shape index (κ2) is 3.95. The highest BCUT2D eigenvalue weighted by Gasteiger charge is 2.22. The summed E-state index contributed by atoms with van der Waals surface area (Å²) in [6.45, 7) is 0. The second-order valence-electron chi connectivity index (χ2n) is 4.50. The van der Waals surface area contributed by atoms with Crippen molar-refractivity contribution >= 4 is 11.6 Å². The molecule has 96 valence electrons. The smallest absolute Gasteiger partial charge is 0.134 e. The molecule has 2 aromatic heterocycles. The minimum Gasteiger partial charge on any atom is -0.299 e. The van der Waals surface area contributed by atoms with Crippen LogP contribution in [0.4, 0.5) is 0 Å². The van der Waals surface area contributed by atoms with Crippen LogP contribution in [0.15, 0.2) is 30.7 Å². The van der Waals surface area contributed by atoms with E-state index >= 15 is 0 Å². The van der Waals surface area contributed by atoms with Crippen LogP contribution in [0.5, 0.6) is 0 Å². The Labute approximate surface area is 119 Å². The summed E-state index contributed by atoms with van der Waals surface area (Å²) in [7, 11) is 0. The van der Waals surface area contributed by atoms with E-state index in [1.807, 2.05) is 22.8 Å². The molecule has 0 unspecified atom stereocenters. The van der Waals surface area contributed by atoms with Crippen molar-refractivity contribution in [2.24, 2.45) is 0 Å².